The number of carbonyl (C=O) groups excluding carboxylic acids is 1. The summed E-state index contributed by atoms with van der Waals surface area (Å²) >= 11 is 0. The van der Waals surface area contributed by atoms with Gasteiger partial charge in [-0.3, -0.25) is 4.79 Å². The molecule has 2 rings (SSSR count). The van der Waals surface area contributed by atoms with Crippen molar-refractivity contribution >= 4 is 5.91 Å². The van der Waals surface area contributed by atoms with Gasteiger partial charge in [0.25, 0.3) is 0 Å². The van der Waals surface area contributed by atoms with Crippen molar-refractivity contribution in [3.63, 3.8) is 0 Å². The van der Waals surface area contributed by atoms with Gasteiger partial charge in [-0.2, -0.15) is 4.98 Å². The van der Waals surface area contributed by atoms with E-state index in [1.165, 1.54) is 0 Å². The van der Waals surface area contributed by atoms with Crippen LogP contribution in [0.3, 0.4) is 0 Å². The summed E-state index contributed by atoms with van der Waals surface area (Å²) in [6, 6.07) is 7.66. The van der Waals surface area contributed by atoms with Gasteiger partial charge in [-0.25, -0.2) is 0 Å². The lowest BCUT2D eigenvalue weighted by Crippen LogP contribution is -2.36. The molecule has 1 unspecified atom stereocenters. The van der Waals surface area contributed by atoms with Crippen molar-refractivity contribution in [2.45, 2.75) is 46.6 Å². The number of benzene rings is 1. The molecule has 0 aliphatic carbocycles. The highest BCUT2D eigenvalue weighted by molar-refractivity contribution is 5.76. The zero-order chi connectivity index (χ0) is 17.5. The van der Waals surface area contributed by atoms with Gasteiger partial charge >= 0.3 is 0 Å². The average Bonchev–Trinajstić information content (AvgIpc) is 3.03. The van der Waals surface area contributed by atoms with Gasteiger partial charge in [-0.15, -0.1) is 0 Å². The van der Waals surface area contributed by atoms with E-state index in [0.717, 1.165) is 11.3 Å². The molecule has 1 amide bonds. The number of aromatic nitrogens is 2. The highest BCUT2D eigenvalue weighted by atomic mass is 16.5. The normalized spacial score (nSPS) is 12.2. The monoisotopic (exact) mass is 331 g/mol. The molecule has 1 heterocycles. The standard InChI is InChI=1S/C18H25N3O3/c1-5-23-15-8-6-14(7-9-15)18-20-17(24-21-18)11-10-16(22)19-13(4)12(2)3/h6-9,12-13H,5,10-11H2,1-4H3,(H,19,22). The Kier molecular flexibility index (Phi) is 6.35. The number of rotatable bonds is 8. The summed E-state index contributed by atoms with van der Waals surface area (Å²) in [6.07, 6.45) is 0.767. The number of nitrogens with one attached hydrogen (secondary N) is 1. The quantitative estimate of drug-likeness (QED) is 0.803. The van der Waals surface area contributed by atoms with Crippen LogP contribution < -0.4 is 10.1 Å². The van der Waals surface area contributed by atoms with Gasteiger partial charge in [-0.1, -0.05) is 19.0 Å². The largest absolute Gasteiger partial charge is 0.494 e. The van der Waals surface area contributed by atoms with E-state index in [1.54, 1.807) is 0 Å². The summed E-state index contributed by atoms with van der Waals surface area (Å²) in [5.74, 6) is 2.19. The average molecular weight is 331 g/mol. The Balaban J connectivity index is 1.90. The third kappa shape index (κ3) is 5.08. The number of aryl methyl sites for hydroxylation is 1. The van der Waals surface area contributed by atoms with Crippen molar-refractivity contribution in [3.8, 4) is 17.1 Å². The van der Waals surface area contributed by atoms with E-state index in [2.05, 4.69) is 29.3 Å². The molecule has 0 bridgehead atoms. The molecule has 1 atom stereocenters. The first-order chi connectivity index (χ1) is 11.5. The SMILES string of the molecule is CCOc1ccc(-c2noc(CCC(=O)NC(C)C(C)C)n2)cc1. The lowest BCUT2D eigenvalue weighted by molar-refractivity contribution is -0.122. The summed E-state index contributed by atoms with van der Waals surface area (Å²) < 4.78 is 10.6. The van der Waals surface area contributed by atoms with E-state index >= 15 is 0 Å². The first-order valence-corrected chi connectivity index (χ1v) is 8.34. The minimum absolute atomic E-state index is 0.00276. The Morgan fingerprint density at radius 2 is 1.96 bits per heavy atom. The Morgan fingerprint density at radius 3 is 2.58 bits per heavy atom. The van der Waals surface area contributed by atoms with Crippen LogP contribution in [0.4, 0.5) is 0 Å². The van der Waals surface area contributed by atoms with E-state index in [1.807, 2.05) is 38.1 Å². The van der Waals surface area contributed by atoms with Crippen LogP contribution in [0, 0.1) is 5.92 Å². The molecule has 0 spiro atoms. The van der Waals surface area contributed by atoms with Crippen LogP contribution in [0.25, 0.3) is 11.4 Å². The number of ether oxygens (including phenoxy) is 1. The van der Waals surface area contributed by atoms with Crippen LogP contribution in [0.5, 0.6) is 5.75 Å². The number of hydrogen-bond donors (Lipinski definition) is 1. The van der Waals surface area contributed by atoms with Crippen molar-refractivity contribution in [3.05, 3.63) is 30.2 Å². The maximum absolute atomic E-state index is 11.9. The number of carbonyl (C=O) groups is 1. The molecule has 6 heteroatoms. The molecular weight excluding hydrogens is 306 g/mol. The molecule has 0 saturated heterocycles. The molecule has 0 aliphatic rings. The molecule has 1 N–H and O–H groups in total. The number of nitrogens with zero attached hydrogens (tertiary/aromatic N) is 2. The van der Waals surface area contributed by atoms with Crippen molar-refractivity contribution in [2.24, 2.45) is 5.92 Å². The Bertz CT molecular complexity index is 650. The van der Waals surface area contributed by atoms with Gasteiger partial charge < -0.3 is 14.6 Å². The minimum atomic E-state index is -0.00276. The van der Waals surface area contributed by atoms with Crippen LogP contribution in [-0.2, 0) is 11.2 Å². The van der Waals surface area contributed by atoms with Crippen LogP contribution >= 0.6 is 0 Å². The summed E-state index contributed by atoms with van der Waals surface area (Å²) in [6.45, 7) is 8.72. The van der Waals surface area contributed by atoms with Gasteiger partial charge in [0.2, 0.25) is 17.6 Å². The molecule has 130 valence electrons. The van der Waals surface area contributed by atoms with Crippen molar-refractivity contribution in [2.75, 3.05) is 6.61 Å². The van der Waals surface area contributed by atoms with Crippen LogP contribution in [-0.4, -0.2) is 28.7 Å². The van der Waals surface area contributed by atoms with Gasteiger partial charge in [0.05, 0.1) is 6.61 Å². The second-order valence-electron chi connectivity index (χ2n) is 6.07. The highest BCUT2D eigenvalue weighted by Crippen LogP contribution is 2.20. The topological polar surface area (TPSA) is 77.2 Å². The van der Waals surface area contributed by atoms with E-state index in [-0.39, 0.29) is 11.9 Å². The summed E-state index contributed by atoms with van der Waals surface area (Å²) in [4.78, 5) is 16.2. The lowest BCUT2D eigenvalue weighted by atomic mass is 10.1. The molecule has 1 aromatic heterocycles. The second-order valence-corrected chi connectivity index (χ2v) is 6.07. The zero-order valence-electron chi connectivity index (χ0n) is 14.7. The fourth-order valence-corrected chi connectivity index (χ4v) is 2.05. The predicted octanol–water partition coefficient (Wildman–Crippen LogP) is 3.23. The molecule has 0 radical (unpaired) electrons. The second kappa shape index (κ2) is 8.47. The smallest absolute Gasteiger partial charge is 0.227 e. The van der Waals surface area contributed by atoms with Crippen molar-refractivity contribution < 1.29 is 14.1 Å². The molecule has 24 heavy (non-hydrogen) atoms. The van der Waals surface area contributed by atoms with E-state index in [4.69, 9.17) is 9.26 Å². The van der Waals surface area contributed by atoms with Crippen molar-refractivity contribution in [1.82, 2.24) is 15.5 Å². The first kappa shape index (κ1) is 18.0. The maximum Gasteiger partial charge on any atom is 0.227 e. The minimum Gasteiger partial charge on any atom is -0.494 e. The van der Waals surface area contributed by atoms with Crippen LogP contribution in [0.1, 0.15) is 40.0 Å². The molecule has 1 aromatic carbocycles. The molecular formula is C18H25N3O3. The first-order valence-electron chi connectivity index (χ1n) is 8.34. The van der Waals surface area contributed by atoms with Crippen LogP contribution in [0.15, 0.2) is 28.8 Å². The Labute approximate surface area is 142 Å². The van der Waals surface area contributed by atoms with Crippen molar-refractivity contribution in [1.29, 1.82) is 0 Å². The molecule has 0 saturated carbocycles. The van der Waals surface area contributed by atoms with E-state index in [9.17, 15) is 4.79 Å². The molecule has 0 aliphatic heterocycles. The van der Waals surface area contributed by atoms with E-state index in [0.29, 0.717) is 37.1 Å². The molecule has 2 aromatic rings. The molecule has 0 fully saturated rings. The summed E-state index contributed by atoms with van der Waals surface area (Å²) in [7, 11) is 0. The number of hydrogen-bond acceptors (Lipinski definition) is 5. The van der Waals surface area contributed by atoms with Gasteiger partial charge in [0.1, 0.15) is 5.75 Å². The van der Waals surface area contributed by atoms with Gasteiger partial charge in [0.15, 0.2) is 0 Å². The van der Waals surface area contributed by atoms with Gasteiger partial charge in [0, 0.05) is 24.4 Å². The third-order valence-electron chi connectivity index (χ3n) is 3.85. The highest BCUT2D eigenvalue weighted by Gasteiger charge is 2.13. The lowest BCUT2D eigenvalue weighted by Gasteiger charge is -2.16. The number of amides is 1. The maximum atomic E-state index is 11.9. The van der Waals surface area contributed by atoms with Gasteiger partial charge in [-0.05, 0) is 44.0 Å². The Morgan fingerprint density at radius 1 is 1.25 bits per heavy atom. The van der Waals surface area contributed by atoms with E-state index < -0.39 is 0 Å². The summed E-state index contributed by atoms with van der Waals surface area (Å²) in [5.41, 5.74) is 0.853. The predicted molar refractivity (Wildman–Crippen MR) is 91.7 cm³/mol. The molecule has 6 nitrogen and oxygen atoms in total. The Hall–Kier alpha value is -2.37. The van der Waals surface area contributed by atoms with Crippen LogP contribution in [0.2, 0.25) is 0 Å². The fourth-order valence-electron chi connectivity index (χ4n) is 2.05. The zero-order valence-corrected chi connectivity index (χ0v) is 14.7. The fraction of sp³-hybridized carbons (Fsp3) is 0.500. The third-order valence-corrected chi connectivity index (χ3v) is 3.85. The summed E-state index contributed by atoms with van der Waals surface area (Å²) in [5, 5.41) is 6.93.